The molecular formula is C14H27NO. The molecule has 16 heavy (non-hydrogen) atoms. The van der Waals surface area contributed by atoms with E-state index in [2.05, 4.69) is 19.2 Å². The summed E-state index contributed by atoms with van der Waals surface area (Å²) >= 11 is 0. The van der Waals surface area contributed by atoms with E-state index < -0.39 is 0 Å². The van der Waals surface area contributed by atoms with Gasteiger partial charge in [-0.25, -0.2) is 0 Å². The third kappa shape index (κ3) is 3.46. The summed E-state index contributed by atoms with van der Waals surface area (Å²) in [5, 5.41) is 3.77. The summed E-state index contributed by atoms with van der Waals surface area (Å²) in [6, 6.07) is 0.620. The Morgan fingerprint density at radius 3 is 2.44 bits per heavy atom. The fourth-order valence-electron chi connectivity index (χ4n) is 2.88. The SMILES string of the molecule is COCC(NCC1(CC(C)C)CC1)C1CC1. The summed E-state index contributed by atoms with van der Waals surface area (Å²) < 4.78 is 5.31. The van der Waals surface area contributed by atoms with Crippen LogP contribution in [0.5, 0.6) is 0 Å². The van der Waals surface area contributed by atoms with E-state index in [1.165, 1.54) is 38.6 Å². The summed E-state index contributed by atoms with van der Waals surface area (Å²) in [5.74, 6) is 1.74. The van der Waals surface area contributed by atoms with Crippen LogP contribution in [0.1, 0.15) is 46.0 Å². The van der Waals surface area contributed by atoms with Crippen LogP contribution >= 0.6 is 0 Å². The van der Waals surface area contributed by atoms with Crippen LogP contribution in [0.3, 0.4) is 0 Å². The zero-order valence-corrected chi connectivity index (χ0v) is 11.1. The van der Waals surface area contributed by atoms with E-state index in [1.807, 2.05) is 7.11 Å². The van der Waals surface area contributed by atoms with Crippen molar-refractivity contribution in [1.29, 1.82) is 0 Å². The molecule has 0 amide bonds. The van der Waals surface area contributed by atoms with Crippen LogP contribution in [0, 0.1) is 17.3 Å². The van der Waals surface area contributed by atoms with Crippen molar-refractivity contribution < 1.29 is 4.74 Å². The molecule has 1 N–H and O–H groups in total. The molecule has 0 aliphatic heterocycles. The fraction of sp³-hybridized carbons (Fsp3) is 1.00. The van der Waals surface area contributed by atoms with Gasteiger partial charge in [-0.1, -0.05) is 13.8 Å². The van der Waals surface area contributed by atoms with Crippen molar-refractivity contribution in [3.63, 3.8) is 0 Å². The van der Waals surface area contributed by atoms with E-state index in [1.54, 1.807) is 0 Å². The van der Waals surface area contributed by atoms with Gasteiger partial charge < -0.3 is 10.1 Å². The smallest absolute Gasteiger partial charge is 0.0618 e. The Morgan fingerprint density at radius 2 is 2.00 bits per heavy atom. The Morgan fingerprint density at radius 1 is 1.31 bits per heavy atom. The number of hydrogen-bond donors (Lipinski definition) is 1. The minimum absolute atomic E-state index is 0.620. The number of ether oxygens (including phenoxy) is 1. The zero-order chi connectivity index (χ0) is 11.6. The lowest BCUT2D eigenvalue weighted by Crippen LogP contribution is -2.39. The average molecular weight is 225 g/mol. The normalized spacial score (nSPS) is 24.8. The van der Waals surface area contributed by atoms with E-state index in [0.29, 0.717) is 11.5 Å². The summed E-state index contributed by atoms with van der Waals surface area (Å²) in [7, 11) is 1.82. The minimum Gasteiger partial charge on any atom is -0.383 e. The summed E-state index contributed by atoms with van der Waals surface area (Å²) in [6.07, 6.45) is 7.06. The number of hydrogen-bond acceptors (Lipinski definition) is 2. The quantitative estimate of drug-likeness (QED) is 0.686. The molecule has 2 heteroatoms. The van der Waals surface area contributed by atoms with Crippen molar-refractivity contribution in [2.24, 2.45) is 17.3 Å². The highest BCUT2D eigenvalue weighted by atomic mass is 16.5. The van der Waals surface area contributed by atoms with Gasteiger partial charge in [0.2, 0.25) is 0 Å². The molecule has 1 unspecified atom stereocenters. The molecule has 0 bridgehead atoms. The highest BCUT2D eigenvalue weighted by molar-refractivity contribution is 4.97. The molecule has 94 valence electrons. The highest BCUT2D eigenvalue weighted by Gasteiger charge is 2.43. The maximum absolute atomic E-state index is 5.31. The molecule has 2 aliphatic rings. The van der Waals surface area contributed by atoms with Crippen molar-refractivity contribution in [2.75, 3.05) is 20.3 Å². The number of rotatable bonds is 8. The second kappa shape index (κ2) is 5.05. The third-order valence-electron chi connectivity index (χ3n) is 4.07. The molecule has 0 aromatic rings. The van der Waals surface area contributed by atoms with Gasteiger partial charge in [-0.05, 0) is 49.4 Å². The molecule has 0 radical (unpaired) electrons. The predicted octanol–water partition coefficient (Wildman–Crippen LogP) is 2.83. The van der Waals surface area contributed by atoms with Crippen LogP contribution in [0.2, 0.25) is 0 Å². The first kappa shape index (κ1) is 12.4. The Bertz CT molecular complexity index is 219. The Kier molecular flexibility index (Phi) is 3.91. The van der Waals surface area contributed by atoms with Crippen LogP contribution in [-0.2, 0) is 4.74 Å². The maximum atomic E-state index is 5.31. The Balaban J connectivity index is 1.72. The summed E-state index contributed by atoms with van der Waals surface area (Å²) in [4.78, 5) is 0. The molecule has 2 fully saturated rings. The predicted molar refractivity (Wildman–Crippen MR) is 67.5 cm³/mol. The highest BCUT2D eigenvalue weighted by Crippen LogP contribution is 2.50. The van der Waals surface area contributed by atoms with Crippen LogP contribution in [0.15, 0.2) is 0 Å². The van der Waals surface area contributed by atoms with Gasteiger partial charge in [-0.15, -0.1) is 0 Å². The maximum Gasteiger partial charge on any atom is 0.0618 e. The minimum atomic E-state index is 0.620. The van der Waals surface area contributed by atoms with Gasteiger partial charge in [0.1, 0.15) is 0 Å². The molecule has 2 saturated carbocycles. The standard InChI is InChI=1S/C14H27NO/c1-11(2)8-14(6-7-14)10-15-13(9-16-3)12-4-5-12/h11-13,15H,4-10H2,1-3H3. The largest absolute Gasteiger partial charge is 0.383 e. The molecule has 0 saturated heterocycles. The molecule has 0 aromatic heterocycles. The van der Waals surface area contributed by atoms with Gasteiger partial charge in [0, 0.05) is 19.7 Å². The second-order valence-electron chi connectivity index (χ2n) is 6.38. The van der Waals surface area contributed by atoms with E-state index in [4.69, 9.17) is 4.74 Å². The topological polar surface area (TPSA) is 21.3 Å². The molecular weight excluding hydrogens is 198 g/mol. The van der Waals surface area contributed by atoms with Gasteiger partial charge >= 0.3 is 0 Å². The van der Waals surface area contributed by atoms with Crippen molar-refractivity contribution in [1.82, 2.24) is 5.32 Å². The first-order valence-corrected chi connectivity index (χ1v) is 6.87. The Labute approximate surface area is 100 Å². The molecule has 0 aromatic carbocycles. The van der Waals surface area contributed by atoms with E-state index in [-0.39, 0.29) is 0 Å². The van der Waals surface area contributed by atoms with Gasteiger partial charge in [0.05, 0.1) is 6.61 Å². The van der Waals surface area contributed by atoms with Crippen molar-refractivity contribution in [3.05, 3.63) is 0 Å². The number of methoxy groups -OCH3 is 1. The number of nitrogens with one attached hydrogen (secondary N) is 1. The van der Waals surface area contributed by atoms with Crippen molar-refractivity contribution in [2.45, 2.75) is 52.0 Å². The zero-order valence-electron chi connectivity index (χ0n) is 11.1. The molecule has 0 spiro atoms. The molecule has 2 aliphatic carbocycles. The monoisotopic (exact) mass is 225 g/mol. The molecule has 2 rings (SSSR count). The van der Waals surface area contributed by atoms with E-state index in [9.17, 15) is 0 Å². The molecule has 1 atom stereocenters. The Hall–Kier alpha value is -0.0800. The summed E-state index contributed by atoms with van der Waals surface area (Å²) in [6.45, 7) is 6.79. The van der Waals surface area contributed by atoms with Crippen LogP contribution in [0.4, 0.5) is 0 Å². The van der Waals surface area contributed by atoms with Gasteiger partial charge in [-0.2, -0.15) is 0 Å². The molecule has 0 heterocycles. The van der Waals surface area contributed by atoms with Gasteiger partial charge in [0.15, 0.2) is 0 Å². The molecule has 2 nitrogen and oxygen atoms in total. The van der Waals surface area contributed by atoms with Gasteiger partial charge in [0.25, 0.3) is 0 Å². The second-order valence-corrected chi connectivity index (χ2v) is 6.38. The summed E-state index contributed by atoms with van der Waals surface area (Å²) in [5.41, 5.74) is 0.648. The van der Waals surface area contributed by atoms with Crippen LogP contribution in [0.25, 0.3) is 0 Å². The lowest BCUT2D eigenvalue weighted by molar-refractivity contribution is 0.152. The van der Waals surface area contributed by atoms with Crippen molar-refractivity contribution in [3.8, 4) is 0 Å². The van der Waals surface area contributed by atoms with Crippen LogP contribution < -0.4 is 5.32 Å². The van der Waals surface area contributed by atoms with Gasteiger partial charge in [-0.3, -0.25) is 0 Å². The average Bonchev–Trinajstić information content (AvgIpc) is 3.06. The van der Waals surface area contributed by atoms with E-state index >= 15 is 0 Å². The first-order valence-electron chi connectivity index (χ1n) is 6.87. The van der Waals surface area contributed by atoms with Crippen LogP contribution in [-0.4, -0.2) is 26.3 Å². The van der Waals surface area contributed by atoms with E-state index in [0.717, 1.165) is 18.4 Å². The third-order valence-corrected chi connectivity index (χ3v) is 4.07. The fourth-order valence-corrected chi connectivity index (χ4v) is 2.88. The lowest BCUT2D eigenvalue weighted by atomic mass is 9.94. The van der Waals surface area contributed by atoms with Crippen molar-refractivity contribution >= 4 is 0 Å². The lowest BCUT2D eigenvalue weighted by Gasteiger charge is -2.23. The first-order chi connectivity index (χ1) is 7.65.